The van der Waals surface area contributed by atoms with Crippen LogP contribution < -0.4 is 15.5 Å². The Labute approximate surface area is 178 Å². The zero-order valence-corrected chi connectivity index (χ0v) is 17.3. The fourth-order valence-corrected chi connectivity index (χ4v) is 4.85. The van der Waals surface area contributed by atoms with Crippen LogP contribution in [0.3, 0.4) is 0 Å². The van der Waals surface area contributed by atoms with Gasteiger partial charge in [0.2, 0.25) is 11.9 Å². The van der Waals surface area contributed by atoms with Gasteiger partial charge < -0.3 is 15.5 Å². The molecule has 2 aromatic heterocycles. The van der Waals surface area contributed by atoms with Crippen molar-refractivity contribution in [3.8, 4) is 11.3 Å². The van der Waals surface area contributed by atoms with Crippen LogP contribution in [0.15, 0.2) is 18.5 Å². The van der Waals surface area contributed by atoms with Crippen molar-refractivity contribution < 1.29 is 13.2 Å². The molecule has 0 aromatic carbocycles. The van der Waals surface area contributed by atoms with E-state index in [2.05, 4.69) is 19.9 Å². The third kappa shape index (κ3) is 3.98. The molecule has 0 radical (unpaired) electrons. The van der Waals surface area contributed by atoms with Crippen molar-refractivity contribution in [3.05, 3.63) is 18.5 Å². The molecule has 11 heteroatoms. The van der Waals surface area contributed by atoms with Crippen molar-refractivity contribution >= 4 is 17.7 Å². The molecule has 0 aliphatic carbocycles. The van der Waals surface area contributed by atoms with Crippen LogP contribution in [-0.4, -0.2) is 81.7 Å². The Morgan fingerprint density at radius 1 is 1.19 bits per heavy atom. The minimum atomic E-state index is -2.33. The summed E-state index contributed by atoms with van der Waals surface area (Å²) < 4.78 is 40.2. The predicted molar refractivity (Wildman–Crippen MR) is 111 cm³/mol. The molecular weight excluding hydrogens is 409 g/mol. The third-order valence-electron chi connectivity index (χ3n) is 6.40. The summed E-state index contributed by atoms with van der Waals surface area (Å²) in [5.74, 6) is 1.34. The van der Waals surface area contributed by atoms with E-state index in [1.807, 2.05) is 15.9 Å². The number of anilines is 3. The quantitative estimate of drug-likeness (QED) is 0.765. The maximum Gasteiger partial charge on any atom is 0.251 e. The molecule has 31 heavy (non-hydrogen) atoms. The fourth-order valence-electron chi connectivity index (χ4n) is 4.85. The molecule has 5 rings (SSSR count). The molecule has 3 atom stereocenters. The first-order valence-electron chi connectivity index (χ1n) is 10.5. The minimum absolute atomic E-state index is 0.0849. The number of fused-ring (bicyclic) bond motifs is 2. The summed E-state index contributed by atoms with van der Waals surface area (Å²) >= 11 is 0. The number of nitrogens with zero attached hydrogens (tertiary/aromatic N) is 7. The zero-order chi connectivity index (χ0) is 21.8. The molecule has 3 aliphatic rings. The van der Waals surface area contributed by atoms with Crippen LogP contribution in [0.4, 0.5) is 30.9 Å². The number of aromatic nitrogens is 4. The second kappa shape index (κ2) is 7.47. The van der Waals surface area contributed by atoms with Gasteiger partial charge in [0.15, 0.2) is 0 Å². The molecule has 2 N–H and O–H groups in total. The fraction of sp³-hybridized carbons (Fsp3) is 0.600. The van der Waals surface area contributed by atoms with Gasteiger partial charge in [-0.3, -0.25) is 4.90 Å². The zero-order valence-electron chi connectivity index (χ0n) is 17.3. The lowest BCUT2D eigenvalue weighted by atomic mass is 10.1. The van der Waals surface area contributed by atoms with Crippen molar-refractivity contribution in [2.45, 2.75) is 43.9 Å². The van der Waals surface area contributed by atoms with Crippen LogP contribution >= 0.6 is 0 Å². The number of piperazine rings is 1. The van der Waals surface area contributed by atoms with Crippen LogP contribution in [0.5, 0.6) is 0 Å². The first-order chi connectivity index (χ1) is 14.8. The topological polar surface area (TPSA) is 87.3 Å². The summed E-state index contributed by atoms with van der Waals surface area (Å²) in [6.07, 6.45) is 2.11. The monoisotopic (exact) mass is 434 g/mol. The van der Waals surface area contributed by atoms with Crippen LogP contribution in [0.1, 0.15) is 19.8 Å². The molecule has 166 valence electrons. The van der Waals surface area contributed by atoms with Gasteiger partial charge in [-0.15, -0.1) is 0 Å². The van der Waals surface area contributed by atoms with Crippen molar-refractivity contribution in [2.75, 3.05) is 48.3 Å². The number of likely N-dealkylation sites (tertiary alicyclic amines) is 1. The lowest BCUT2D eigenvalue weighted by molar-refractivity contribution is 0.0790. The third-order valence-corrected chi connectivity index (χ3v) is 6.40. The Morgan fingerprint density at radius 2 is 1.97 bits per heavy atom. The van der Waals surface area contributed by atoms with E-state index in [9.17, 15) is 13.2 Å². The molecule has 3 saturated heterocycles. The van der Waals surface area contributed by atoms with E-state index >= 15 is 0 Å². The van der Waals surface area contributed by atoms with E-state index in [1.54, 1.807) is 19.3 Å². The summed E-state index contributed by atoms with van der Waals surface area (Å²) in [6, 6.07) is 2.06. The SMILES string of the molecule is CC1(F)CCN(c2nc(-c3cnc(N)nc3)cc(N3C[C@@H]4C[C@H]3CN4CC(F)F)n2)C1. The number of alkyl halides is 3. The highest BCUT2D eigenvalue weighted by Crippen LogP contribution is 2.37. The Balaban J connectivity index is 1.47. The average Bonchev–Trinajstić information content (AvgIpc) is 3.41. The number of hydrogen-bond acceptors (Lipinski definition) is 8. The summed E-state index contributed by atoms with van der Waals surface area (Å²) in [5.41, 5.74) is 5.64. The number of nitrogens with two attached hydrogens (primary N) is 1. The molecule has 0 amide bonds. The van der Waals surface area contributed by atoms with Gasteiger partial charge in [-0.1, -0.05) is 0 Å². The second-order valence-electron chi connectivity index (χ2n) is 8.87. The minimum Gasteiger partial charge on any atom is -0.368 e. The van der Waals surface area contributed by atoms with Gasteiger partial charge in [-0.25, -0.2) is 28.1 Å². The van der Waals surface area contributed by atoms with Crippen LogP contribution in [0.25, 0.3) is 11.3 Å². The highest BCUT2D eigenvalue weighted by Gasteiger charge is 2.45. The largest absolute Gasteiger partial charge is 0.368 e. The van der Waals surface area contributed by atoms with E-state index in [4.69, 9.17) is 10.7 Å². The molecule has 8 nitrogen and oxygen atoms in total. The smallest absolute Gasteiger partial charge is 0.251 e. The normalized spacial score (nSPS) is 28.3. The van der Waals surface area contributed by atoms with Crippen LogP contribution in [0.2, 0.25) is 0 Å². The van der Waals surface area contributed by atoms with E-state index in [0.717, 1.165) is 6.42 Å². The van der Waals surface area contributed by atoms with Crippen LogP contribution in [0, 0.1) is 0 Å². The number of nitrogen functional groups attached to an aromatic ring is 1. The average molecular weight is 434 g/mol. The van der Waals surface area contributed by atoms with Crippen LogP contribution in [-0.2, 0) is 0 Å². The highest BCUT2D eigenvalue weighted by atomic mass is 19.3. The summed E-state index contributed by atoms with van der Waals surface area (Å²) in [6.45, 7) is 3.36. The van der Waals surface area contributed by atoms with Crippen molar-refractivity contribution in [3.63, 3.8) is 0 Å². The first kappa shape index (κ1) is 20.2. The molecule has 3 aliphatic heterocycles. The van der Waals surface area contributed by atoms with Gasteiger partial charge in [0.25, 0.3) is 6.43 Å². The second-order valence-corrected chi connectivity index (χ2v) is 8.87. The molecule has 1 unspecified atom stereocenters. The lowest BCUT2D eigenvalue weighted by Gasteiger charge is -2.35. The highest BCUT2D eigenvalue weighted by molar-refractivity contribution is 5.65. The standard InChI is InChI=1S/C20H25F3N8/c1-20(23)2-3-29(11-20)19-27-15(12-6-25-18(24)26-7-12)5-17(28-19)31-9-13-4-14(31)8-30(13)10-16(21)22/h5-7,13-14,16H,2-4,8-11H2,1H3,(H2,24,25,26)/t13-,14-,20?/m0/s1. The van der Waals surface area contributed by atoms with E-state index in [0.29, 0.717) is 49.1 Å². The van der Waals surface area contributed by atoms with Crippen molar-refractivity contribution in [1.29, 1.82) is 0 Å². The van der Waals surface area contributed by atoms with E-state index in [1.165, 1.54) is 0 Å². The Hall–Kier alpha value is -2.69. The van der Waals surface area contributed by atoms with Gasteiger partial charge in [-0.05, 0) is 13.3 Å². The number of halogens is 3. The summed E-state index contributed by atoms with van der Waals surface area (Å²) in [5, 5.41) is 0. The van der Waals surface area contributed by atoms with E-state index < -0.39 is 12.1 Å². The van der Waals surface area contributed by atoms with Gasteiger partial charge >= 0.3 is 0 Å². The molecule has 0 saturated carbocycles. The summed E-state index contributed by atoms with van der Waals surface area (Å²) in [7, 11) is 0. The molecule has 0 spiro atoms. The molecule has 3 fully saturated rings. The van der Waals surface area contributed by atoms with Gasteiger partial charge in [0, 0.05) is 62.2 Å². The maximum atomic E-state index is 14.5. The molecule has 2 bridgehead atoms. The number of rotatable bonds is 5. The van der Waals surface area contributed by atoms with E-state index in [-0.39, 0.29) is 31.1 Å². The van der Waals surface area contributed by atoms with Gasteiger partial charge in [0.1, 0.15) is 11.5 Å². The predicted octanol–water partition coefficient (Wildman–Crippen LogP) is 1.98. The Bertz CT molecular complexity index is 954. The first-order valence-corrected chi connectivity index (χ1v) is 10.5. The summed E-state index contributed by atoms with van der Waals surface area (Å²) in [4.78, 5) is 23.4. The molecular formula is C20H25F3N8. The maximum absolute atomic E-state index is 14.5. The van der Waals surface area contributed by atoms with Crippen molar-refractivity contribution in [1.82, 2.24) is 24.8 Å². The lowest BCUT2D eigenvalue weighted by Crippen LogP contribution is -2.48. The van der Waals surface area contributed by atoms with Gasteiger partial charge in [0.05, 0.1) is 18.8 Å². The molecule has 5 heterocycles. The Morgan fingerprint density at radius 3 is 2.58 bits per heavy atom. The Kier molecular flexibility index (Phi) is 4.87. The van der Waals surface area contributed by atoms with Gasteiger partial charge in [-0.2, -0.15) is 4.98 Å². The molecule has 2 aromatic rings. The number of hydrogen-bond donors (Lipinski definition) is 1. The van der Waals surface area contributed by atoms with Crippen molar-refractivity contribution in [2.24, 2.45) is 0 Å².